The van der Waals surface area contributed by atoms with Crippen LogP contribution in [0.3, 0.4) is 0 Å². The van der Waals surface area contributed by atoms with Gasteiger partial charge in [-0.05, 0) is 75.0 Å². The maximum Gasteiger partial charge on any atom is 0.0881 e. The van der Waals surface area contributed by atoms with Crippen molar-refractivity contribution in [2.24, 2.45) is 0 Å². The third kappa shape index (κ3) is 5.67. The fraction of sp³-hybridized carbons (Fsp3) is 0.0976. The Morgan fingerprint density at radius 1 is 0.568 bits per heavy atom. The molecule has 0 saturated heterocycles. The van der Waals surface area contributed by atoms with Gasteiger partial charge < -0.3 is 5.32 Å². The van der Waals surface area contributed by atoms with E-state index in [1.165, 1.54) is 42.8 Å². The van der Waals surface area contributed by atoms with Crippen LogP contribution in [0.4, 0.5) is 11.4 Å². The van der Waals surface area contributed by atoms with Crippen LogP contribution in [0, 0.1) is 0 Å². The lowest BCUT2D eigenvalue weighted by atomic mass is 9.86. The second kappa shape index (κ2) is 11.6. The van der Waals surface area contributed by atoms with Gasteiger partial charge in [0.05, 0.1) is 10.4 Å². The second-order valence-electron chi connectivity index (χ2n) is 12.2. The summed E-state index contributed by atoms with van der Waals surface area (Å²) in [7, 11) is 0. The number of fused-ring (bicyclic) bond motifs is 1. The summed E-state index contributed by atoms with van der Waals surface area (Å²) in [6, 6.07) is 49.8. The van der Waals surface area contributed by atoms with Crippen LogP contribution in [-0.4, -0.2) is 4.98 Å². The van der Waals surface area contributed by atoms with E-state index in [2.05, 4.69) is 166 Å². The number of rotatable bonds is 6. The van der Waals surface area contributed by atoms with Crippen LogP contribution >= 0.6 is 11.3 Å². The molecular weight excluding hydrogens is 553 g/mol. The number of anilines is 2. The van der Waals surface area contributed by atoms with Gasteiger partial charge in [-0.25, -0.2) is 0 Å². The quantitative estimate of drug-likeness (QED) is 0.210. The third-order valence-electron chi connectivity index (χ3n) is 8.07. The van der Waals surface area contributed by atoms with Crippen molar-refractivity contribution in [1.82, 2.24) is 4.98 Å². The maximum absolute atomic E-state index is 4.96. The Morgan fingerprint density at radius 3 is 1.95 bits per heavy atom. The van der Waals surface area contributed by atoms with Crippen molar-refractivity contribution < 1.29 is 0 Å². The predicted molar refractivity (Wildman–Crippen MR) is 190 cm³/mol. The molecule has 0 saturated carbocycles. The van der Waals surface area contributed by atoms with Gasteiger partial charge >= 0.3 is 0 Å². The van der Waals surface area contributed by atoms with Crippen LogP contribution in [0.2, 0.25) is 0 Å². The van der Waals surface area contributed by atoms with Crippen LogP contribution in [-0.2, 0) is 5.41 Å². The number of nitrogens with one attached hydrogen (secondary N) is 1. The van der Waals surface area contributed by atoms with Crippen molar-refractivity contribution in [1.29, 1.82) is 0 Å². The summed E-state index contributed by atoms with van der Waals surface area (Å²) in [5.74, 6) is 0. The Kier molecular flexibility index (Phi) is 7.33. The van der Waals surface area contributed by atoms with E-state index in [1.54, 1.807) is 0 Å². The van der Waals surface area contributed by atoms with Crippen molar-refractivity contribution >= 4 is 32.8 Å². The molecule has 0 amide bonds. The molecule has 0 unspecified atom stereocenters. The van der Waals surface area contributed by atoms with Crippen LogP contribution < -0.4 is 5.32 Å². The maximum atomic E-state index is 4.96. The average molecular weight is 587 g/mol. The number of aromatic nitrogens is 1. The van der Waals surface area contributed by atoms with Crippen molar-refractivity contribution in [3.8, 4) is 44.0 Å². The Labute approximate surface area is 263 Å². The molecule has 0 aliphatic carbocycles. The Balaban J connectivity index is 1.33. The molecule has 0 aliphatic heterocycles. The van der Waals surface area contributed by atoms with E-state index in [1.807, 2.05) is 17.5 Å². The summed E-state index contributed by atoms with van der Waals surface area (Å²) in [6.45, 7) is 6.77. The molecule has 7 rings (SSSR count). The van der Waals surface area contributed by atoms with E-state index >= 15 is 0 Å². The normalized spacial score (nSPS) is 11.5. The smallest absolute Gasteiger partial charge is 0.0881 e. The first-order chi connectivity index (χ1) is 21.4. The van der Waals surface area contributed by atoms with Crippen molar-refractivity contribution in [3.63, 3.8) is 0 Å². The molecule has 0 atom stereocenters. The van der Waals surface area contributed by atoms with Gasteiger partial charge in [0, 0.05) is 33.6 Å². The molecule has 0 fully saturated rings. The lowest BCUT2D eigenvalue weighted by Crippen LogP contribution is -2.10. The Morgan fingerprint density at radius 2 is 1.23 bits per heavy atom. The minimum absolute atomic E-state index is 0.132. The molecule has 1 N–H and O–H groups in total. The van der Waals surface area contributed by atoms with Crippen LogP contribution in [0.1, 0.15) is 26.3 Å². The highest BCUT2D eigenvalue weighted by atomic mass is 32.1. The highest BCUT2D eigenvalue weighted by molar-refractivity contribution is 7.22. The molecule has 5 aromatic carbocycles. The zero-order valence-electron chi connectivity index (χ0n) is 25.2. The fourth-order valence-electron chi connectivity index (χ4n) is 5.70. The van der Waals surface area contributed by atoms with Gasteiger partial charge in [0.2, 0.25) is 0 Å². The van der Waals surface area contributed by atoms with Gasteiger partial charge in [-0.15, -0.1) is 11.3 Å². The summed E-state index contributed by atoms with van der Waals surface area (Å²) in [6.07, 6.45) is 1.93. The molecule has 2 heterocycles. The molecule has 2 aromatic heterocycles. The summed E-state index contributed by atoms with van der Waals surface area (Å²) in [5.41, 5.74) is 11.6. The minimum atomic E-state index is 0.132. The standard InChI is InChI=1S/C41H34N2S/c1-41(2,3)34-20-18-30(19-21-34)38-27-31-22-23-42-39(40(31)44-38)33-24-32(28-12-6-4-7-13-28)25-35(26-33)43-37-17-11-10-16-36(37)29-14-8-5-9-15-29/h4-27,43H,1-3H3. The SMILES string of the molecule is CC(C)(C)c1ccc(-c2cc3ccnc(-c4cc(Nc5ccccc5-c5ccccc5)cc(-c5ccccc5)c4)c3s2)cc1. The van der Waals surface area contributed by atoms with E-state index in [0.29, 0.717) is 0 Å². The van der Waals surface area contributed by atoms with E-state index in [9.17, 15) is 0 Å². The largest absolute Gasteiger partial charge is 0.355 e. The van der Waals surface area contributed by atoms with Crippen molar-refractivity contribution in [2.45, 2.75) is 26.2 Å². The molecule has 3 heteroatoms. The molecule has 2 nitrogen and oxygen atoms in total. The van der Waals surface area contributed by atoms with Gasteiger partial charge in [-0.2, -0.15) is 0 Å². The van der Waals surface area contributed by atoms with Gasteiger partial charge in [0.1, 0.15) is 0 Å². The van der Waals surface area contributed by atoms with Crippen LogP contribution in [0.5, 0.6) is 0 Å². The summed E-state index contributed by atoms with van der Waals surface area (Å²) in [4.78, 5) is 6.22. The zero-order chi connectivity index (χ0) is 30.1. The van der Waals surface area contributed by atoms with Gasteiger partial charge in [0.25, 0.3) is 0 Å². The highest BCUT2D eigenvalue weighted by Crippen LogP contribution is 2.41. The minimum Gasteiger partial charge on any atom is -0.355 e. The third-order valence-corrected chi connectivity index (χ3v) is 9.28. The van der Waals surface area contributed by atoms with E-state index in [4.69, 9.17) is 4.98 Å². The number of nitrogens with zero attached hydrogens (tertiary/aromatic N) is 1. The monoisotopic (exact) mass is 586 g/mol. The van der Waals surface area contributed by atoms with Crippen LogP contribution in [0.15, 0.2) is 146 Å². The number of thiophene rings is 1. The first-order valence-corrected chi connectivity index (χ1v) is 15.9. The summed E-state index contributed by atoms with van der Waals surface area (Å²) < 4.78 is 1.20. The number of benzene rings is 5. The van der Waals surface area contributed by atoms with Gasteiger partial charge in [-0.3, -0.25) is 4.98 Å². The summed E-state index contributed by atoms with van der Waals surface area (Å²) >= 11 is 1.81. The highest BCUT2D eigenvalue weighted by Gasteiger charge is 2.16. The van der Waals surface area contributed by atoms with E-state index in [-0.39, 0.29) is 5.41 Å². The Bertz CT molecular complexity index is 2050. The number of para-hydroxylation sites is 1. The number of pyridine rings is 1. The molecule has 0 aliphatic rings. The molecule has 0 radical (unpaired) electrons. The first-order valence-electron chi connectivity index (χ1n) is 15.0. The summed E-state index contributed by atoms with van der Waals surface area (Å²) in [5, 5.41) is 4.98. The van der Waals surface area contributed by atoms with Crippen molar-refractivity contribution in [2.75, 3.05) is 5.32 Å². The number of hydrogen-bond donors (Lipinski definition) is 1. The molecule has 214 valence electrons. The molecule has 0 bridgehead atoms. The fourth-order valence-corrected chi connectivity index (χ4v) is 6.87. The average Bonchev–Trinajstić information content (AvgIpc) is 3.50. The molecular formula is C41H34N2S. The molecule has 0 spiro atoms. The molecule has 44 heavy (non-hydrogen) atoms. The number of hydrogen-bond acceptors (Lipinski definition) is 3. The zero-order valence-corrected chi connectivity index (χ0v) is 26.0. The Hall–Kier alpha value is -4.99. The molecule has 7 aromatic rings. The lowest BCUT2D eigenvalue weighted by Gasteiger charge is -2.18. The van der Waals surface area contributed by atoms with E-state index in [0.717, 1.165) is 28.2 Å². The topological polar surface area (TPSA) is 24.9 Å². The van der Waals surface area contributed by atoms with E-state index < -0.39 is 0 Å². The van der Waals surface area contributed by atoms with Crippen LogP contribution in [0.25, 0.3) is 54.0 Å². The van der Waals surface area contributed by atoms with Crippen molar-refractivity contribution in [3.05, 3.63) is 151 Å². The first kappa shape index (κ1) is 27.8. The predicted octanol–water partition coefficient (Wildman–Crippen LogP) is 12.0. The van der Waals surface area contributed by atoms with Gasteiger partial charge in [0.15, 0.2) is 0 Å². The second-order valence-corrected chi connectivity index (χ2v) is 13.3. The van der Waals surface area contributed by atoms with Gasteiger partial charge in [-0.1, -0.05) is 124 Å². The lowest BCUT2D eigenvalue weighted by molar-refractivity contribution is 0.590.